The van der Waals surface area contributed by atoms with E-state index >= 15 is 0 Å². The molecular weight excluding hydrogens is 488 g/mol. The number of phenolic OH excluding ortho intramolecular Hbond substituents is 1. The number of hydrazone groups is 1. The number of carbonyl (C=O) groups is 1. The van der Waals surface area contributed by atoms with Crippen LogP contribution in [-0.2, 0) is 4.79 Å². The number of ether oxygens (including phenoxy) is 1. The number of carbonyl (C=O) groups excluding carboxylic acids is 1. The fraction of sp³-hybridized carbons (Fsp3) is 0.120. The van der Waals surface area contributed by atoms with Gasteiger partial charge >= 0.3 is 0 Å². The van der Waals surface area contributed by atoms with Crippen LogP contribution in [0.1, 0.15) is 12.5 Å². The van der Waals surface area contributed by atoms with E-state index in [4.69, 9.17) is 16.3 Å². The van der Waals surface area contributed by atoms with Gasteiger partial charge in [-0.25, -0.2) is 10.4 Å². The molecule has 4 aromatic rings. The van der Waals surface area contributed by atoms with Crippen LogP contribution in [0.15, 0.2) is 81.8 Å². The molecule has 0 bridgehead atoms. The number of rotatable bonds is 8. The largest absolute Gasteiger partial charge is 0.504 e. The van der Waals surface area contributed by atoms with Gasteiger partial charge in [0.2, 0.25) is 0 Å². The smallest absolute Gasteiger partial charge is 0.266 e. The number of para-hydroxylation sites is 1. The number of aromatic nitrogens is 2. The molecule has 1 aromatic heterocycles. The van der Waals surface area contributed by atoms with Gasteiger partial charge in [-0.05, 0) is 67.1 Å². The second-order valence-corrected chi connectivity index (χ2v) is 8.65. The monoisotopic (exact) mass is 508 g/mol. The number of halogens is 1. The number of thioether (sulfide) groups is 1. The van der Waals surface area contributed by atoms with Crippen molar-refractivity contribution in [3.05, 3.63) is 87.7 Å². The molecule has 0 aliphatic rings. The van der Waals surface area contributed by atoms with Gasteiger partial charge < -0.3 is 9.84 Å². The molecule has 2 N–H and O–H groups in total. The van der Waals surface area contributed by atoms with Gasteiger partial charge in [0.1, 0.15) is 0 Å². The molecule has 1 amide bonds. The summed E-state index contributed by atoms with van der Waals surface area (Å²) in [6, 6.07) is 18.6. The lowest BCUT2D eigenvalue weighted by Gasteiger charge is -2.13. The molecule has 35 heavy (non-hydrogen) atoms. The van der Waals surface area contributed by atoms with Gasteiger partial charge in [-0.1, -0.05) is 35.5 Å². The van der Waals surface area contributed by atoms with E-state index in [0.29, 0.717) is 44.7 Å². The Balaban J connectivity index is 1.51. The van der Waals surface area contributed by atoms with E-state index in [2.05, 4.69) is 15.5 Å². The lowest BCUT2D eigenvalue weighted by molar-refractivity contribution is -0.118. The lowest BCUT2D eigenvalue weighted by atomic mass is 10.2. The topological polar surface area (TPSA) is 106 Å². The number of fused-ring (bicyclic) bond motifs is 1. The molecule has 10 heteroatoms. The number of benzene rings is 3. The molecule has 0 saturated carbocycles. The first-order chi connectivity index (χ1) is 17.0. The highest BCUT2D eigenvalue weighted by atomic mass is 35.5. The Bertz CT molecular complexity index is 1450. The maximum absolute atomic E-state index is 13.2. The number of aromatic hydroxyl groups is 1. The summed E-state index contributed by atoms with van der Waals surface area (Å²) in [5.41, 5.74) is 4.00. The molecule has 0 unspecified atom stereocenters. The van der Waals surface area contributed by atoms with E-state index in [-0.39, 0.29) is 23.0 Å². The van der Waals surface area contributed by atoms with Gasteiger partial charge in [-0.3, -0.25) is 14.2 Å². The Morgan fingerprint density at radius 2 is 1.97 bits per heavy atom. The van der Waals surface area contributed by atoms with E-state index < -0.39 is 0 Å². The molecule has 0 radical (unpaired) electrons. The van der Waals surface area contributed by atoms with Gasteiger partial charge in [0.25, 0.3) is 11.5 Å². The SMILES string of the molecule is CCOc1cc(/C=N\NC(=O)CSc2nc3ccccc3c(=O)n2-c2ccc(Cl)cc2)ccc1O. The van der Waals surface area contributed by atoms with Crippen molar-refractivity contribution in [1.82, 2.24) is 15.0 Å². The van der Waals surface area contributed by atoms with Gasteiger partial charge in [0.05, 0.1) is 35.2 Å². The minimum atomic E-state index is -0.375. The Kier molecular flexibility index (Phi) is 7.69. The second kappa shape index (κ2) is 11.1. The molecule has 0 aliphatic heterocycles. The standard InChI is InChI=1S/C25H21ClN4O4S/c1-2-34-22-13-16(7-12-21(22)31)14-27-29-23(32)15-35-25-28-20-6-4-3-5-19(20)24(33)30(25)18-10-8-17(26)9-11-18/h3-14,31H,2,15H2,1H3,(H,29,32)/b27-14-. The molecule has 4 rings (SSSR count). The number of hydrogen-bond acceptors (Lipinski definition) is 7. The number of hydrogen-bond donors (Lipinski definition) is 2. The minimum absolute atomic E-state index is 0.0184. The van der Waals surface area contributed by atoms with Crippen molar-refractivity contribution in [2.45, 2.75) is 12.1 Å². The first-order valence-electron chi connectivity index (χ1n) is 10.6. The third-order valence-corrected chi connectivity index (χ3v) is 6.04. The van der Waals surface area contributed by atoms with Crippen molar-refractivity contribution in [1.29, 1.82) is 0 Å². The number of phenols is 1. The maximum Gasteiger partial charge on any atom is 0.266 e. The van der Waals surface area contributed by atoms with E-state index in [1.807, 2.05) is 6.92 Å². The zero-order chi connectivity index (χ0) is 24.8. The molecule has 3 aromatic carbocycles. The van der Waals surface area contributed by atoms with Crippen LogP contribution in [0.3, 0.4) is 0 Å². The van der Waals surface area contributed by atoms with Gasteiger partial charge in [0.15, 0.2) is 16.7 Å². The highest BCUT2D eigenvalue weighted by molar-refractivity contribution is 7.99. The van der Waals surface area contributed by atoms with Crippen molar-refractivity contribution in [3.8, 4) is 17.2 Å². The van der Waals surface area contributed by atoms with E-state index in [9.17, 15) is 14.7 Å². The summed E-state index contributed by atoms with van der Waals surface area (Å²) < 4.78 is 6.81. The van der Waals surface area contributed by atoms with Crippen molar-refractivity contribution < 1.29 is 14.6 Å². The number of amides is 1. The first-order valence-corrected chi connectivity index (χ1v) is 12.0. The highest BCUT2D eigenvalue weighted by Gasteiger charge is 2.14. The summed E-state index contributed by atoms with van der Waals surface area (Å²) in [5.74, 6) is -0.0322. The molecule has 0 saturated heterocycles. The molecule has 0 fully saturated rings. The molecule has 0 aliphatic carbocycles. The van der Waals surface area contributed by atoms with Crippen LogP contribution >= 0.6 is 23.4 Å². The van der Waals surface area contributed by atoms with E-state index in [1.54, 1.807) is 60.7 Å². The van der Waals surface area contributed by atoms with E-state index in [0.717, 1.165) is 11.8 Å². The predicted molar refractivity (Wildman–Crippen MR) is 138 cm³/mol. The van der Waals surface area contributed by atoms with Crippen LogP contribution in [0.25, 0.3) is 16.6 Å². The Labute approximate surface area is 210 Å². The first kappa shape index (κ1) is 24.3. The van der Waals surface area contributed by atoms with Crippen LogP contribution in [0.4, 0.5) is 0 Å². The summed E-state index contributed by atoms with van der Waals surface area (Å²) in [5, 5.41) is 15.1. The molecule has 0 spiro atoms. The zero-order valence-electron chi connectivity index (χ0n) is 18.6. The van der Waals surface area contributed by atoms with Crippen molar-refractivity contribution in [2.24, 2.45) is 5.10 Å². The highest BCUT2D eigenvalue weighted by Crippen LogP contribution is 2.26. The summed E-state index contributed by atoms with van der Waals surface area (Å²) in [7, 11) is 0. The van der Waals surface area contributed by atoms with Crippen LogP contribution < -0.4 is 15.7 Å². The zero-order valence-corrected chi connectivity index (χ0v) is 20.2. The molecular formula is C25H21ClN4O4S. The average molecular weight is 509 g/mol. The minimum Gasteiger partial charge on any atom is -0.504 e. The van der Waals surface area contributed by atoms with Gasteiger partial charge in [0, 0.05) is 5.02 Å². The average Bonchev–Trinajstić information content (AvgIpc) is 2.86. The van der Waals surface area contributed by atoms with Crippen LogP contribution in [-0.4, -0.2) is 39.1 Å². The second-order valence-electron chi connectivity index (χ2n) is 7.27. The van der Waals surface area contributed by atoms with Crippen LogP contribution in [0.5, 0.6) is 11.5 Å². The lowest BCUT2D eigenvalue weighted by Crippen LogP contribution is -2.24. The third kappa shape index (κ3) is 5.82. The third-order valence-electron chi connectivity index (χ3n) is 4.85. The van der Waals surface area contributed by atoms with Crippen molar-refractivity contribution >= 4 is 46.4 Å². The van der Waals surface area contributed by atoms with Crippen molar-refractivity contribution in [3.63, 3.8) is 0 Å². The van der Waals surface area contributed by atoms with Gasteiger partial charge in [-0.15, -0.1) is 0 Å². The Morgan fingerprint density at radius 1 is 1.20 bits per heavy atom. The Morgan fingerprint density at radius 3 is 2.74 bits per heavy atom. The number of nitrogens with one attached hydrogen (secondary N) is 1. The summed E-state index contributed by atoms with van der Waals surface area (Å²) in [6.45, 7) is 2.22. The van der Waals surface area contributed by atoms with E-state index in [1.165, 1.54) is 16.8 Å². The fourth-order valence-electron chi connectivity index (χ4n) is 3.25. The fourth-order valence-corrected chi connectivity index (χ4v) is 4.18. The Hall–Kier alpha value is -3.82. The summed E-state index contributed by atoms with van der Waals surface area (Å²) in [6.07, 6.45) is 1.45. The summed E-state index contributed by atoms with van der Waals surface area (Å²) in [4.78, 5) is 30.3. The molecule has 8 nitrogen and oxygen atoms in total. The molecule has 1 heterocycles. The predicted octanol–water partition coefficient (Wildman–Crippen LogP) is 4.39. The normalized spacial score (nSPS) is 11.1. The molecule has 178 valence electrons. The van der Waals surface area contributed by atoms with Gasteiger partial charge in [-0.2, -0.15) is 5.10 Å². The maximum atomic E-state index is 13.2. The van der Waals surface area contributed by atoms with Crippen molar-refractivity contribution in [2.75, 3.05) is 12.4 Å². The quantitative estimate of drug-likeness (QED) is 0.158. The summed E-state index contributed by atoms with van der Waals surface area (Å²) >= 11 is 7.13. The molecule has 0 atom stereocenters. The number of nitrogens with zero attached hydrogens (tertiary/aromatic N) is 3. The van der Waals surface area contributed by atoms with Crippen LogP contribution in [0.2, 0.25) is 5.02 Å². The van der Waals surface area contributed by atoms with Crippen LogP contribution in [0, 0.1) is 0 Å².